The third-order valence-electron chi connectivity index (χ3n) is 5.36. The summed E-state index contributed by atoms with van der Waals surface area (Å²) < 4.78 is 0. The van der Waals surface area contributed by atoms with Gasteiger partial charge in [-0.15, -0.1) is 0 Å². The van der Waals surface area contributed by atoms with Crippen molar-refractivity contribution in [1.29, 1.82) is 0 Å². The highest BCUT2D eigenvalue weighted by atomic mass is 16.1. The van der Waals surface area contributed by atoms with Gasteiger partial charge in [0.05, 0.1) is 0 Å². The van der Waals surface area contributed by atoms with E-state index in [2.05, 4.69) is 20.9 Å². The Labute approximate surface area is 136 Å². The second-order valence-electron chi connectivity index (χ2n) is 6.65. The molecule has 5 nitrogen and oxygen atoms in total. The van der Waals surface area contributed by atoms with E-state index in [9.17, 15) is 4.79 Å². The Morgan fingerprint density at radius 1 is 1.22 bits per heavy atom. The number of nitrogens with one attached hydrogen (secondary N) is 1. The largest absolute Gasteiger partial charge is 0.368 e. The quantitative estimate of drug-likeness (QED) is 0.897. The topological polar surface area (TPSA) is 65.4 Å². The summed E-state index contributed by atoms with van der Waals surface area (Å²) in [5, 5.41) is 1.98. The molecule has 1 fully saturated rings. The minimum absolute atomic E-state index is 0.0187. The zero-order valence-electron chi connectivity index (χ0n) is 13.4. The standard InChI is InChI=1S/C18H24N4O/c19-7-11-21-8-5-14(6-9-21)22-10-4-13-12-20-18(23)15-2-1-3-16(22)17(13)15/h1-3,12,14H,4-11,19H2,(H,20,23). The van der Waals surface area contributed by atoms with Crippen molar-refractivity contribution in [1.82, 2.24) is 9.88 Å². The molecule has 0 unspecified atom stereocenters. The first-order valence-corrected chi connectivity index (χ1v) is 8.60. The molecule has 2 aromatic rings. The van der Waals surface area contributed by atoms with Gasteiger partial charge < -0.3 is 20.5 Å². The molecule has 0 aliphatic carbocycles. The smallest absolute Gasteiger partial charge is 0.255 e. The molecule has 0 amide bonds. The van der Waals surface area contributed by atoms with Crippen LogP contribution in [0.1, 0.15) is 18.4 Å². The molecule has 0 spiro atoms. The minimum atomic E-state index is 0.0187. The number of aromatic nitrogens is 1. The first-order valence-electron chi connectivity index (χ1n) is 8.60. The van der Waals surface area contributed by atoms with Gasteiger partial charge in [0.1, 0.15) is 0 Å². The molecule has 4 rings (SSSR count). The average molecular weight is 312 g/mol. The van der Waals surface area contributed by atoms with Gasteiger partial charge in [-0.2, -0.15) is 0 Å². The highest BCUT2D eigenvalue weighted by molar-refractivity contribution is 5.97. The van der Waals surface area contributed by atoms with Gasteiger partial charge in [-0.1, -0.05) is 6.07 Å². The Morgan fingerprint density at radius 3 is 2.83 bits per heavy atom. The third-order valence-corrected chi connectivity index (χ3v) is 5.36. The lowest BCUT2D eigenvalue weighted by atomic mass is 9.94. The number of pyridine rings is 1. The van der Waals surface area contributed by atoms with Crippen LogP contribution in [-0.4, -0.2) is 48.6 Å². The summed E-state index contributed by atoms with van der Waals surface area (Å²) in [5.41, 5.74) is 8.20. The van der Waals surface area contributed by atoms with E-state index in [1.165, 1.54) is 24.1 Å². The predicted molar refractivity (Wildman–Crippen MR) is 94.1 cm³/mol. The summed E-state index contributed by atoms with van der Waals surface area (Å²) in [6.07, 6.45) is 5.26. The molecule has 122 valence electrons. The van der Waals surface area contributed by atoms with Crippen molar-refractivity contribution in [3.05, 3.63) is 40.3 Å². The van der Waals surface area contributed by atoms with Gasteiger partial charge in [0.15, 0.2) is 0 Å². The van der Waals surface area contributed by atoms with E-state index >= 15 is 0 Å². The molecule has 5 heteroatoms. The number of nitrogens with zero attached hydrogens (tertiary/aromatic N) is 2. The molecule has 2 aliphatic rings. The lowest BCUT2D eigenvalue weighted by Gasteiger charge is -2.42. The molecule has 23 heavy (non-hydrogen) atoms. The molecule has 2 aliphatic heterocycles. The Hall–Kier alpha value is -1.85. The maximum absolute atomic E-state index is 12.1. The first kappa shape index (κ1) is 14.7. The molecule has 0 atom stereocenters. The van der Waals surface area contributed by atoms with Crippen molar-refractivity contribution in [3.63, 3.8) is 0 Å². The maximum Gasteiger partial charge on any atom is 0.255 e. The van der Waals surface area contributed by atoms with E-state index in [4.69, 9.17) is 5.73 Å². The molecule has 0 saturated carbocycles. The minimum Gasteiger partial charge on any atom is -0.368 e. The summed E-state index contributed by atoms with van der Waals surface area (Å²) in [7, 11) is 0. The van der Waals surface area contributed by atoms with Gasteiger partial charge in [-0.25, -0.2) is 0 Å². The second kappa shape index (κ2) is 5.98. The summed E-state index contributed by atoms with van der Waals surface area (Å²) in [5.74, 6) is 0. The molecule has 1 saturated heterocycles. The molecule has 0 bridgehead atoms. The number of piperidine rings is 1. The van der Waals surface area contributed by atoms with Crippen LogP contribution >= 0.6 is 0 Å². The monoisotopic (exact) mass is 312 g/mol. The zero-order chi connectivity index (χ0) is 15.8. The van der Waals surface area contributed by atoms with Gasteiger partial charge in [-0.3, -0.25) is 4.79 Å². The Kier molecular flexibility index (Phi) is 3.83. The van der Waals surface area contributed by atoms with Crippen LogP contribution in [0.15, 0.2) is 29.2 Å². The average Bonchev–Trinajstić information content (AvgIpc) is 2.59. The Balaban J connectivity index is 1.66. The zero-order valence-corrected chi connectivity index (χ0v) is 13.4. The predicted octanol–water partition coefficient (Wildman–Crippen LogP) is 1.31. The number of hydrogen-bond acceptors (Lipinski definition) is 4. The van der Waals surface area contributed by atoms with E-state index in [1.807, 2.05) is 18.3 Å². The van der Waals surface area contributed by atoms with E-state index < -0.39 is 0 Å². The number of rotatable bonds is 3. The van der Waals surface area contributed by atoms with Crippen molar-refractivity contribution >= 4 is 16.5 Å². The molecular weight excluding hydrogens is 288 g/mol. The normalized spacial score (nSPS) is 19.4. The molecular formula is C18H24N4O. The molecule has 1 aromatic heterocycles. The third kappa shape index (κ3) is 2.54. The van der Waals surface area contributed by atoms with Crippen LogP contribution in [0.3, 0.4) is 0 Å². The summed E-state index contributed by atoms with van der Waals surface area (Å²) in [6.45, 7) is 5.03. The van der Waals surface area contributed by atoms with Crippen molar-refractivity contribution in [2.75, 3.05) is 37.6 Å². The van der Waals surface area contributed by atoms with Gasteiger partial charge >= 0.3 is 0 Å². The van der Waals surface area contributed by atoms with Crippen molar-refractivity contribution in [3.8, 4) is 0 Å². The fraction of sp³-hybridized carbons (Fsp3) is 0.500. The van der Waals surface area contributed by atoms with Gasteiger partial charge in [0, 0.05) is 61.4 Å². The van der Waals surface area contributed by atoms with Crippen LogP contribution in [0.25, 0.3) is 10.8 Å². The summed E-state index contributed by atoms with van der Waals surface area (Å²) in [4.78, 5) is 20.0. The van der Waals surface area contributed by atoms with Crippen LogP contribution in [0, 0.1) is 0 Å². The van der Waals surface area contributed by atoms with Crippen molar-refractivity contribution in [2.24, 2.45) is 5.73 Å². The van der Waals surface area contributed by atoms with E-state index in [1.54, 1.807) is 0 Å². The fourth-order valence-electron chi connectivity index (χ4n) is 4.18. The van der Waals surface area contributed by atoms with E-state index in [-0.39, 0.29) is 5.56 Å². The number of hydrogen-bond donors (Lipinski definition) is 2. The maximum atomic E-state index is 12.1. The number of nitrogens with two attached hydrogens (primary N) is 1. The Bertz CT molecular complexity index is 761. The molecule has 0 radical (unpaired) electrons. The lowest BCUT2D eigenvalue weighted by molar-refractivity contribution is 0.214. The van der Waals surface area contributed by atoms with Crippen molar-refractivity contribution in [2.45, 2.75) is 25.3 Å². The second-order valence-corrected chi connectivity index (χ2v) is 6.65. The number of anilines is 1. The molecule has 3 N–H and O–H groups in total. The summed E-state index contributed by atoms with van der Waals surface area (Å²) in [6, 6.07) is 6.70. The first-order chi connectivity index (χ1) is 11.3. The van der Waals surface area contributed by atoms with Crippen LogP contribution < -0.4 is 16.2 Å². The van der Waals surface area contributed by atoms with Gasteiger partial charge in [-0.05, 0) is 37.0 Å². The number of H-pyrrole nitrogens is 1. The summed E-state index contributed by atoms with van der Waals surface area (Å²) >= 11 is 0. The molecule has 1 aromatic carbocycles. The highest BCUT2D eigenvalue weighted by Crippen LogP contribution is 2.35. The van der Waals surface area contributed by atoms with E-state index in [0.29, 0.717) is 6.04 Å². The van der Waals surface area contributed by atoms with Gasteiger partial charge in [0.25, 0.3) is 5.56 Å². The number of likely N-dealkylation sites (tertiary alicyclic amines) is 1. The Morgan fingerprint density at radius 2 is 2.04 bits per heavy atom. The van der Waals surface area contributed by atoms with Crippen LogP contribution in [0.5, 0.6) is 0 Å². The van der Waals surface area contributed by atoms with Gasteiger partial charge in [0.2, 0.25) is 0 Å². The van der Waals surface area contributed by atoms with E-state index in [0.717, 1.165) is 49.9 Å². The van der Waals surface area contributed by atoms with Crippen LogP contribution in [0.2, 0.25) is 0 Å². The van der Waals surface area contributed by atoms with Crippen LogP contribution in [-0.2, 0) is 6.42 Å². The highest BCUT2D eigenvalue weighted by Gasteiger charge is 2.28. The fourth-order valence-corrected chi connectivity index (χ4v) is 4.18. The van der Waals surface area contributed by atoms with Crippen LogP contribution in [0.4, 0.5) is 5.69 Å². The number of benzene rings is 1. The SMILES string of the molecule is NCCN1CCC(N2CCc3c[nH]c(=O)c4cccc2c34)CC1. The molecule has 3 heterocycles. The number of aromatic amines is 1. The lowest BCUT2D eigenvalue weighted by Crippen LogP contribution is -2.47. The van der Waals surface area contributed by atoms with Crippen molar-refractivity contribution < 1.29 is 0 Å².